The summed E-state index contributed by atoms with van der Waals surface area (Å²) in [5, 5.41) is 0. The van der Waals surface area contributed by atoms with Gasteiger partial charge in [-0.1, -0.05) is 44.2 Å². The molecular weight excluding hydrogens is 228 g/mol. The van der Waals surface area contributed by atoms with E-state index in [0.29, 0.717) is 11.3 Å². The molecule has 0 heterocycles. The fraction of sp³-hybridized carbons (Fsp3) is 0.579. The van der Waals surface area contributed by atoms with Gasteiger partial charge in [-0.15, -0.1) is 0 Å². The molecule has 3 aliphatic carbocycles. The van der Waals surface area contributed by atoms with Crippen molar-refractivity contribution in [1.82, 2.24) is 0 Å². The molecular formula is C19H24. The molecule has 0 nitrogen and oxygen atoms in total. The van der Waals surface area contributed by atoms with E-state index in [2.05, 4.69) is 44.2 Å². The number of benzene rings is 1. The van der Waals surface area contributed by atoms with Crippen LogP contribution in [0.15, 0.2) is 30.4 Å². The SMILES string of the molecule is CC(C)c1cccc2c1CCC1(C2)CC2C=CC1C2. The zero-order chi connectivity index (χ0) is 13.0. The lowest BCUT2D eigenvalue weighted by molar-refractivity contribution is 0.194. The van der Waals surface area contributed by atoms with Crippen LogP contribution in [0.4, 0.5) is 0 Å². The Bertz CT molecular complexity index is 537. The zero-order valence-electron chi connectivity index (χ0n) is 12.2. The molecule has 1 saturated carbocycles. The van der Waals surface area contributed by atoms with E-state index < -0.39 is 0 Å². The number of allylic oxidation sites excluding steroid dienone is 2. The Morgan fingerprint density at radius 1 is 1.21 bits per heavy atom. The first-order valence-electron chi connectivity index (χ1n) is 7.97. The van der Waals surface area contributed by atoms with Crippen LogP contribution in [-0.2, 0) is 12.8 Å². The Morgan fingerprint density at radius 3 is 2.79 bits per heavy atom. The Labute approximate surface area is 116 Å². The van der Waals surface area contributed by atoms with Gasteiger partial charge in [0.05, 0.1) is 0 Å². The molecule has 1 aromatic carbocycles. The Morgan fingerprint density at radius 2 is 2.11 bits per heavy atom. The summed E-state index contributed by atoms with van der Waals surface area (Å²) in [7, 11) is 0. The van der Waals surface area contributed by atoms with Gasteiger partial charge in [0.2, 0.25) is 0 Å². The summed E-state index contributed by atoms with van der Waals surface area (Å²) in [4.78, 5) is 0. The molecule has 0 radical (unpaired) electrons. The highest BCUT2D eigenvalue weighted by Crippen LogP contribution is 2.58. The zero-order valence-corrected chi connectivity index (χ0v) is 12.2. The fourth-order valence-corrected chi connectivity index (χ4v) is 5.05. The molecule has 2 bridgehead atoms. The summed E-state index contributed by atoms with van der Waals surface area (Å²) in [6.07, 6.45) is 12.0. The topological polar surface area (TPSA) is 0 Å². The Balaban J connectivity index is 1.72. The van der Waals surface area contributed by atoms with Crippen molar-refractivity contribution in [3.05, 3.63) is 47.0 Å². The average molecular weight is 252 g/mol. The minimum atomic E-state index is 0.627. The standard InChI is InChI=1S/C19H24/c1-13(2)17-5-3-4-15-12-19(9-8-18(15)17)11-14-6-7-16(19)10-14/h3-7,13-14,16H,8-12H2,1-2H3. The van der Waals surface area contributed by atoms with E-state index in [-0.39, 0.29) is 0 Å². The lowest BCUT2D eigenvalue weighted by atomic mass is 9.64. The van der Waals surface area contributed by atoms with Crippen LogP contribution in [0.5, 0.6) is 0 Å². The number of fused-ring (bicyclic) bond motifs is 4. The van der Waals surface area contributed by atoms with E-state index in [4.69, 9.17) is 0 Å². The molecule has 0 saturated heterocycles. The molecule has 3 unspecified atom stereocenters. The van der Waals surface area contributed by atoms with E-state index in [1.54, 1.807) is 16.7 Å². The van der Waals surface area contributed by atoms with E-state index in [0.717, 1.165) is 11.8 Å². The van der Waals surface area contributed by atoms with E-state index in [1.807, 2.05) is 0 Å². The van der Waals surface area contributed by atoms with Gasteiger partial charge in [-0.2, -0.15) is 0 Å². The number of hydrogen-bond donors (Lipinski definition) is 0. The summed E-state index contributed by atoms with van der Waals surface area (Å²) in [6.45, 7) is 4.67. The monoisotopic (exact) mass is 252 g/mol. The molecule has 0 aromatic heterocycles. The highest BCUT2D eigenvalue weighted by Gasteiger charge is 2.49. The number of hydrogen-bond acceptors (Lipinski definition) is 0. The first-order chi connectivity index (χ1) is 9.18. The maximum absolute atomic E-state index is 2.53. The molecule has 0 aliphatic heterocycles. The van der Waals surface area contributed by atoms with Crippen LogP contribution in [0.3, 0.4) is 0 Å². The lowest BCUT2D eigenvalue weighted by Gasteiger charge is -2.41. The number of rotatable bonds is 1. The van der Waals surface area contributed by atoms with Gasteiger partial charge in [-0.05, 0) is 72.0 Å². The van der Waals surface area contributed by atoms with Gasteiger partial charge in [0.15, 0.2) is 0 Å². The van der Waals surface area contributed by atoms with E-state index in [1.165, 1.54) is 32.1 Å². The minimum absolute atomic E-state index is 0.627. The van der Waals surface area contributed by atoms with E-state index in [9.17, 15) is 0 Å². The average Bonchev–Trinajstić information content (AvgIpc) is 2.98. The van der Waals surface area contributed by atoms with E-state index >= 15 is 0 Å². The van der Waals surface area contributed by atoms with Crippen LogP contribution in [0, 0.1) is 17.3 Å². The lowest BCUT2D eigenvalue weighted by Crippen LogP contribution is -2.33. The second-order valence-electron chi connectivity index (χ2n) is 7.37. The van der Waals surface area contributed by atoms with Crippen molar-refractivity contribution in [1.29, 1.82) is 0 Å². The van der Waals surface area contributed by atoms with Crippen LogP contribution in [0.1, 0.15) is 55.7 Å². The third-order valence-electron chi connectivity index (χ3n) is 5.97. The molecule has 1 fully saturated rings. The van der Waals surface area contributed by atoms with Crippen molar-refractivity contribution >= 4 is 0 Å². The van der Waals surface area contributed by atoms with Gasteiger partial charge in [0.1, 0.15) is 0 Å². The van der Waals surface area contributed by atoms with Gasteiger partial charge in [0.25, 0.3) is 0 Å². The minimum Gasteiger partial charge on any atom is -0.0851 e. The van der Waals surface area contributed by atoms with Crippen molar-refractivity contribution in [2.24, 2.45) is 17.3 Å². The molecule has 19 heavy (non-hydrogen) atoms. The highest BCUT2D eigenvalue weighted by molar-refractivity contribution is 5.41. The third-order valence-corrected chi connectivity index (χ3v) is 5.97. The van der Waals surface area contributed by atoms with Gasteiger partial charge < -0.3 is 0 Å². The van der Waals surface area contributed by atoms with Gasteiger partial charge in [-0.25, -0.2) is 0 Å². The predicted octanol–water partition coefficient (Wildman–Crippen LogP) is 4.88. The summed E-state index contributed by atoms with van der Waals surface area (Å²) < 4.78 is 0. The molecule has 4 rings (SSSR count). The smallest absolute Gasteiger partial charge is 0.0168 e. The maximum Gasteiger partial charge on any atom is -0.0168 e. The molecule has 0 N–H and O–H groups in total. The fourth-order valence-electron chi connectivity index (χ4n) is 5.05. The first kappa shape index (κ1) is 11.8. The third kappa shape index (κ3) is 1.65. The summed E-state index contributed by atoms with van der Waals surface area (Å²) in [5.74, 6) is 2.46. The molecule has 0 heteroatoms. The van der Waals surface area contributed by atoms with Crippen molar-refractivity contribution < 1.29 is 0 Å². The molecule has 0 amide bonds. The second kappa shape index (κ2) is 3.98. The maximum atomic E-state index is 2.53. The van der Waals surface area contributed by atoms with Crippen molar-refractivity contribution in [2.45, 2.75) is 51.9 Å². The predicted molar refractivity (Wildman–Crippen MR) is 80.3 cm³/mol. The first-order valence-corrected chi connectivity index (χ1v) is 7.97. The summed E-state index contributed by atoms with van der Waals surface area (Å²) in [6, 6.07) is 7.04. The van der Waals surface area contributed by atoms with Crippen LogP contribution in [0.2, 0.25) is 0 Å². The van der Waals surface area contributed by atoms with Crippen LogP contribution >= 0.6 is 0 Å². The molecule has 1 aromatic rings. The van der Waals surface area contributed by atoms with Crippen LogP contribution < -0.4 is 0 Å². The summed E-state index contributed by atoms with van der Waals surface area (Å²) >= 11 is 0. The molecule has 100 valence electrons. The Hall–Kier alpha value is -1.04. The van der Waals surface area contributed by atoms with Crippen molar-refractivity contribution in [3.63, 3.8) is 0 Å². The van der Waals surface area contributed by atoms with Crippen molar-refractivity contribution in [2.75, 3.05) is 0 Å². The van der Waals surface area contributed by atoms with Gasteiger partial charge in [-0.3, -0.25) is 0 Å². The van der Waals surface area contributed by atoms with Gasteiger partial charge >= 0.3 is 0 Å². The second-order valence-corrected chi connectivity index (χ2v) is 7.37. The Kier molecular flexibility index (Phi) is 2.46. The summed E-state index contributed by atoms with van der Waals surface area (Å²) in [5.41, 5.74) is 5.58. The normalized spacial score (nSPS) is 35.3. The van der Waals surface area contributed by atoms with Crippen LogP contribution in [0.25, 0.3) is 0 Å². The largest absolute Gasteiger partial charge is 0.0851 e. The molecule has 1 spiro atoms. The molecule has 3 atom stereocenters. The van der Waals surface area contributed by atoms with Crippen molar-refractivity contribution in [3.8, 4) is 0 Å². The quantitative estimate of drug-likeness (QED) is 0.625. The van der Waals surface area contributed by atoms with Gasteiger partial charge in [0, 0.05) is 0 Å². The highest BCUT2D eigenvalue weighted by atomic mass is 14.5. The molecule has 3 aliphatic rings. The van der Waals surface area contributed by atoms with Crippen LogP contribution in [-0.4, -0.2) is 0 Å².